The molecule has 72 heavy (non-hydrogen) atoms. The van der Waals surface area contributed by atoms with Crippen LogP contribution >= 0.6 is 11.8 Å². The van der Waals surface area contributed by atoms with Crippen molar-refractivity contribution in [3.63, 3.8) is 0 Å². The van der Waals surface area contributed by atoms with Gasteiger partial charge in [-0.25, -0.2) is 4.79 Å². The van der Waals surface area contributed by atoms with Gasteiger partial charge in [-0.2, -0.15) is 0 Å². The molecule has 13 heteroatoms. The fraction of sp³-hybridized carbons (Fsp3) is 0.763. The van der Waals surface area contributed by atoms with Gasteiger partial charge in [0, 0.05) is 43.2 Å². The molecule has 0 aliphatic rings. The predicted molar refractivity (Wildman–Crippen MR) is 294 cm³/mol. The lowest BCUT2D eigenvalue weighted by Gasteiger charge is -2.25. The molecule has 1 aromatic rings. The zero-order chi connectivity index (χ0) is 53.3. The second kappa shape index (κ2) is 41.5. The monoisotopic (exact) mass is 1030 g/mol. The number of nitrogens with one attached hydrogen (secondary N) is 2. The van der Waals surface area contributed by atoms with Crippen LogP contribution in [0.4, 0.5) is 0 Å². The number of thioether (sulfide) groups is 1. The molecule has 412 valence electrons. The summed E-state index contributed by atoms with van der Waals surface area (Å²) in [6.45, 7) is 15.1. The Balaban J connectivity index is 2.64. The highest BCUT2D eigenvalue weighted by Gasteiger charge is 2.29. The number of hydrogen-bond acceptors (Lipinski definition) is 11. The molecular weight excluding hydrogens is 929 g/mol. The van der Waals surface area contributed by atoms with E-state index in [0.717, 1.165) is 44.1 Å². The molecule has 1 rings (SSSR count). The fourth-order valence-electron chi connectivity index (χ4n) is 8.01. The number of amides is 2. The third-order valence-corrected chi connectivity index (χ3v) is 12.9. The average Bonchev–Trinajstić information content (AvgIpc) is 3.32. The minimum absolute atomic E-state index is 0.00381. The molecule has 0 saturated carbocycles. The number of benzene rings is 1. The molecule has 12 nitrogen and oxygen atoms in total. The summed E-state index contributed by atoms with van der Waals surface area (Å²) in [5.74, 6) is -2.26. The number of carbonyl (C=O) groups is 6. The van der Waals surface area contributed by atoms with Crippen molar-refractivity contribution in [2.75, 3.05) is 12.4 Å². The largest absolute Gasteiger partial charge is 0.462 e. The molecular formula is C59H100N2O10S. The van der Waals surface area contributed by atoms with E-state index >= 15 is 0 Å². The van der Waals surface area contributed by atoms with Crippen LogP contribution in [0.3, 0.4) is 0 Å². The van der Waals surface area contributed by atoms with E-state index in [9.17, 15) is 28.8 Å². The van der Waals surface area contributed by atoms with Crippen LogP contribution in [-0.2, 0) is 49.5 Å². The van der Waals surface area contributed by atoms with E-state index in [2.05, 4.69) is 24.5 Å². The SMILES string of the molecule is CCCCCCCCCCCCCCCC(=O)OCC(CS/C=C/C(=O)NCc1ccc(C(=O)N[C@@H](CCC(=O)OC(C)(C)C)C(=O)OC(C)(C)C)cc1)OC(=O)CCCCCCCCCCCCCCC. The van der Waals surface area contributed by atoms with E-state index in [0.29, 0.717) is 18.6 Å². The highest BCUT2D eigenvalue weighted by atomic mass is 32.2. The van der Waals surface area contributed by atoms with Gasteiger partial charge in [-0.3, -0.25) is 24.0 Å². The lowest BCUT2D eigenvalue weighted by atomic mass is 10.0. The minimum atomic E-state index is -1.07. The van der Waals surface area contributed by atoms with E-state index in [1.807, 2.05) is 0 Å². The first-order chi connectivity index (χ1) is 34.4. The summed E-state index contributed by atoms with van der Waals surface area (Å²) < 4.78 is 22.3. The van der Waals surface area contributed by atoms with E-state index in [-0.39, 0.29) is 49.4 Å². The molecule has 0 aliphatic heterocycles. The van der Waals surface area contributed by atoms with Crippen LogP contribution in [0, 0.1) is 0 Å². The second-order valence-corrected chi connectivity index (χ2v) is 22.5. The van der Waals surface area contributed by atoms with Crippen LogP contribution in [0.15, 0.2) is 35.7 Å². The number of rotatable bonds is 43. The Bertz CT molecular complexity index is 1650. The molecule has 2 amide bonds. The smallest absolute Gasteiger partial charge is 0.329 e. The Labute approximate surface area is 441 Å². The van der Waals surface area contributed by atoms with Gasteiger partial charge in [-0.1, -0.05) is 180 Å². The Morgan fingerprint density at radius 1 is 0.556 bits per heavy atom. The quantitative estimate of drug-likeness (QED) is 0.0277. The lowest BCUT2D eigenvalue weighted by molar-refractivity contribution is -0.158. The van der Waals surface area contributed by atoms with Crippen LogP contribution < -0.4 is 10.6 Å². The van der Waals surface area contributed by atoms with E-state index in [4.69, 9.17) is 18.9 Å². The summed E-state index contributed by atoms with van der Waals surface area (Å²) in [7, 11) is 0. The summed E-state index contributed by atoms with van der Waals surface area (Å²) in [6.07, 6.45) is 33.2. The Morgan fingerprint density at radius 2 is 1.00 bits per heavy atom. The topological polar surface area (TPSA) is 163 Å². The highest BCUT2D eigenvalue weighted by Crippen LogP contribution is 2.18. The van der Waals surface area contributed by atoms with Crippen LogP contribution in [0.25, 0.3) is 0 Å². The van der Waals surface area contributed by atoms with Crippen LogP contribution in [0.5, 0.6) is 0 Å². The summed E-state index contributed by atoms with van der Waals surface area (Å²) in [4.78, 5) is 77.0. The van der Waals surface area contributed by atoms with Gasteiger partial charge in [-0.15, -0.1) is 11.8 Å². The predicted octanol–water partition coefficient (Wildman–Crippen LogP) is 14.5. The van der Waals surface area contributed by atoms with Crippen LogP contribution in [-0.4, -0.2) is 71.4 Å². The fourth-order valence-corrected chi connectivity index (χ4v) is 8.72. The maximum Gasteiger partial charge on any atom is 0.329 e. The second-order valence-electron chi connectivity index (χ2n) is 21.5. The standard InChI is InChI=1S/C59H100N2O10S/c1-9-11-13-15-17-19-21-23-25-27-29-31-33-35-53(63)68-46-50(69-54(64)36-34-32-30-28-26-24-22-20-18-16-14-12-10-2)47-72-44-43-52(62)60-45-48-37-39-49(40-38-48)56(66)61-51(57(67)71-59(6,7)8)41-42-55(65)70-58(3,4)5/h37-40,43-44,50-51H,9-36,41-42,45-47H2,1-8H3,(H,60,62)(H,61,66)/b44-43+/t50?,51-/m0/s1. The van der Waals surface area contributed by atoms with Crippen molar-refractivity contribution in [1.82, 2.24) is 10.6 Å². The first-order valence-electron chi connectivity index (χ1n) is 28.2. The van der Waals surface area contributed by atoms with Gasteiger partial charge in [0.25, 0.3) is 5.91 Å². The van der Waals surface area contributed by atoms with Crippen molar-refractivity contribution < 1.29 is 47.7 Å². The summed E-state index contributed by atoms with van der Waals surface area (Å²) in [5, 5.41) is 7.16. The molecule has 2 atom stereocenters. The van der Waals surface area contributed by atoms with Crippen LogP contribution in [0.2, 0.25) is 0 Å². The van der Waals surface area contributed by atoms with Gasteiger partial charge in [-0.05, 0) is 83.9 Å². The van der Waals surface area contributed by atoms with E-state index in [1.165, 1.54) is 146 Å². The molecule has 0 heterocycles. The van der Waals surface area contributed by atoms with Gasteiger partial charge in [0.15, 0.2) is 0 Å². The first kappa shape index (κ1) is 66.1. The van der Waals surface area contributed by atoms with Gasteiger partial charge in [0.2, 0.25) is 5.91 Å². The van der Waals surface area contributed by atoms with Gasteiger partial charge in [0.05, 0.1) is 0 Å². The van der Waals surface area contributed by atoms with Crippen molar-refractivity contribution in [3.8, 4) is 0 Å². The maximum absolute atomic E-state index is 13.2. The molecule has 0 fully saturated rings. The van der Waals surface area contributed by atoms with E-state index in [1.54, 1.807) is 71.2 Å². The van der Waals surface area contributed by atoms with Crippen molar-refractivity contribution in [3.05, 3.63) is 46.9 Å². The van der Waals surface area contributed by atoms with Gasteiger partial charge < -0.3 is 29.6 Å². The van der Waals surface area contributed by atoms with Crippen molar-refractivity contribution >= 4 is 47.5 Å². The number of unbranched alkanes of at least 4 members (excludes halogenated alkanes) is 24. The minimum Gasteiger partial charge on any atom is -0.462 e. The number of esters is 4. The Hall–Kier alpha value is -3.87. The third kappa shape index (κ3) is 39.6. The normalized spacial score (nSPS) is 12.6. The van der Waals surface area contributed by atoms with Gasteiger partial charge >= 0.3 is 23.9 Å². The van der Waals surface area contributed by atoms with E-state index < -0.39 is 41.2 Å². The molecule has 0 aliphatic carbocycles. The summed E-state index contributed by atoms with van der Waals surface area (Å²) in [6, 6.07) is 5.52. The molecule has 1 aromatic carbocycles. The van der Waals surface area contributed by atoms with Crippen molar-refractivity contribution in [2.24, 2.45) is 0 Å². The summed E-state index contributed by atoms with van der Waals surface area (Å²) in [5.41, 5.74) is -0.451. The molecule has 0 saturated heterocycles. The molecule has 0 radical (unpaired) electrons. The molecule has 1 unspecified atom stereocenters. The number of hydrogen-bond donors (Lipinski definition) is 2. The molecule has 0 spiro atoms. The van der Waals surface area contributed by atoms with Gasteiger partial charge in [0.1, 0.15) is 30.0 Å². The zero-order valence-corrected chi connectivity index (χ0v) is 47.3. The number of ether oxygens (including phenoxy) is 4. The zero-order valence-electron chi connectivity index (χ0n) is 46.4. The Morgan fingerprint density at radius 3 is 1.46 bits per heavy atom. The summed E-state index contributed by atoms with van der Waals surface area (Å²) >= 11 is 1.30. The van der Waals surface area contributed by atoms with Crippen molar-refractivity contribution in [2.45, 2.75) is 278 Å². The third-order valence-electron chi connectivity index (χ3n) is 12.0. The Kier molecular flexibility index (Phi) is 38.1. The highest BCUT2D eigenvalue weighted by molar-refractivity contribution is 8.02. The van der Waals surface area contributed by atoms with Crippen molar-refractivity contribution in [1.29, 1.82) is 0 Å². The average molecular weight is 1030 g/mol. The maximum atomic E-state index is 13.2. The lowest BCUT2D eigenvalue weighted by Crippen LogP contribution is -2.44. The van der Waals surface area contributed by atoms with Crippen LogP contribution in [0.1, 0.15) is 264 Å². The molecule has 2 N–H and O–H groups in total. The molecule has 0 bridgehead atoms. The first-order valence-corrected chi connectivity index (χ1v) is 29.2. The number of carbonyl (C=O) groups excluding carboxylic acids is 6. The molecule has 0 aromatic heterocycles.